The van der Waals surface area contributed by atoms with E-state index in [9.17, 15) is 0 Å². The van der Waals surface area contributed by atoms with Crippen LogP contribution in [-0.4, -0.2) is 19.0 Å². The predicted molar refractivity (Wildman–Crippen MR) is 58.4 cm³/mol. The average Bonchev–Trinajstić information content (AvgIpc) is 2.73. The Labute approximate surface area is 92.3 Å². The van der Waals surface area contributed by atoms with Gasteiger partial charge in [-0.2, -0.15) is 0 Å². The van der Waals surface area contributed by atoms with Gasteiger partial charge in [0.1, 0.15) is 0 Å². The van der Waals surface area contributed by atoms with E-state index in [0.717, 1.165) is 36.9 Å². The highest BCUT2D eigenvalue weighted by Gasteiger charge is 2.66. The van der Waals surface area contributed by atoms with Gasteiger partial charge in [0.2, 0.25) is 0 Å². The van der Waals surface area contributed by atoms with E-state index >= 15 is 0 Å². The van der Waals surface area contributed by atoms with Gasteiger partial charge in [0, 0.05) is 25.6 Å². The van der Waals surface area contributed by atoms with E-state index < -0.39 is 0 Å². The van der Waals surface area contributed by atoms with Gasteiger partial charge in [-0.05, 0) is 50.9 Å². The Hall–Kier alpha value is -0.0800. The predicted octanol–water partition coefficient (Wildman–Crippen LogP) is 2.82. The Bertz CT molecular complexity index is 243. The summed E-state index contributed by atoms with van der Waals surface area (Å²) < 4.78 is 11.9. The van der Waals surface area contributed by atoms with Crippen molar-refractivity contribution in [2.45, 2.75) is 45.3 Å². The quantitative estimate of drug-likeness (QED) is 0.664. The summed E-state index contributed by atoms with van der Waals surface area (Å²) in [7, 11) is 0. The van der Waals surface area contributed by atoms with Gasteiger partial charge in [0.25, 0.3) is 0 Å². The molecule has 0 amide bonds. The highest BCUT2D eigenvalue weighted by atomic mass is 16.7. The van der Waals surface area contributed by atoms with Gasteiger partial charge < -0.3 is 9.47 Å². The molecule has 2 bridgehead atoms. The topological polar surface area (TPSA) is 18.5 Å². The van der Waals surface area contributed by atoms with Crippen LogP contribution in [0.4, 0.5) is 0 Å². The molecule has 3 rings (SSSR count). The Balaban J connectivity index is 1.77. The normalized spacial score (nSPS) is 45.2. The van der Waals surface area contributed by atoms with Crippen molar-refractivity contribution in [3.05, 3.63) is 0 Å². The standard InChI is InChI=1S/C13H22O2/c1-3-14-13(15-4-2)8-11-9-5-6-10(7-9)12(11)13/h9-12H,3-8H2,1-2H3/t9-,10-,11+,12+/m1/s1. The van der Waals surface area contributed by atoms with Crippen molar-refractivity contribution >= 4 is 0 Å². The fourth-order valence-corrected chi connectivity index (χ4v) is 4.53. The van der Waals surface area contributed by atoms with Crippen molar-refractivity contribution in [3.8, 4) is 0 Å². The van der Waals surface area contributed by atoms with Crippen molar-refractivity contribution in [1.82, 2.24) is 0 Å². The third-order valence-corrected chi connectivity index (χ3v) is 4.89. The smallest absolute Gasteiger partial charge is 0.171 e. The van der Waals surface area contributed by atoms with Crippen LogP contribution in [0.1, 0.15) is 39.5 Å². The van der Waals surface area contributed by atoms with Crippen molar-refractivity contribution in [2.24, 2.45) is 23.7 Å². The van der Waals surface area contributed by atoms with E-state index in [1.165, 1.54) is 25.7 Å². The van der Waals surface area contributed by atoms with E-state index in [4.69, 9.17) is 9.47 Å². The molecule has 0 spiro atoms. The Morgan fingerprint density at radius 2 is 1.73 bits per heavy atom. The maximum atomic E-state index is 5.95. The number of rotatable bonds is 4. The van der Waals surface area contributed by atoms with Crippen LogP contribution in [0.2, 0.25) is 0 Å². The highest BCUT2D eigenvalue weighted by molar-refractivity contribution is 5.11. The van der Waals surface area contributed by atoms with Crippen molar-refractivity contribution in [3.63, 3.8) is 0 Å². The van der Waals surface area contributed by atoms with Crippen molar-refractivity contribution < 1.29 is 9.47 Å². The lowest BCUT2D eigenvalue weighted by Gasteiger charge is -2.55. The van der Waals surface area contributed by atoms with E-state index in [2.05, 4.69) is 13.8 Å². The zero-order chi connectivity index (χ0) is 10.5. The van der Waals surface area contributed by atoms with E-state index in [1.54, 1.807) is 0 Å². The van der Waals surface area contributed by atoms with E-state index in [1.807, 2.05) is 0 Å². The molecule has 0 aromatic carbocycles. The molecule has 3 aliphatic rings. The maximum absolute atomic E-state index is 5.95. The number of hydrogen-bond acceptors (Lipinski definition) is 2. The van der Waals surface area contributed by atoms with Crippen molar-refractivity contribution in [2.75, 3.05) is 13.2 Å². The van der Waals surface area contributed by atoms with Gasteiger partial charge in [-0.25, -0.2) is 0 Å². The summed E-state index contributed by atoms with van der Waals surface area (Å²) in [5.74, 6) is 3.41. The minimum atomic E-state index is -0.173. The molecule has 86 valence electrons. The minimum absolute atomic E-state index is 0.173. The number of ether oxygens (including phenoxy) is 2. The molecular weight excluding hydrogens is 188 g/mol. The van der Waals surface area contributed by atoms with E-state index in [0.29, 0.717) is 0 Å². The Morgan fingerprint density at radius 1 is 1.07 bits per heavy atom. The molecule has 0 N–H and O–H groups in total. The maximum Gasteiger partial charge on any atom is 0.171 e. The Morgan fingerprint density at radius 3 is 2.33 bits per heavy atom. The molecule has 0 radical (unpaired) electrons. The lowest BCUT2D eigenvalue weighted by molar-refractivity contribution is -0.337. The minimum Gasteiger partial charge on any atom is -0.350 e. The van der Waals surface area contributed by atoms with Gasteiger partial charge in [0.15, 0.2) is 5.79 Å². The second-order valence-corrected chi connectivity index (χ2v) is 5.40. The van der Waals surface area contributed by atoms with Crippen LogP contribution >= 0.6 is 0 Å². The van der Waals surface area contributed by atoms with Crippen LogP contribution in [0, 0.1) is 23.7 Å². The monoisotopic (exact) mass is 210 g/mol. The molecule has 0 heterocycles. The fourth-order valence-electron chi connectivity index (χ4n) is 4.53. The first-order valence-electron chi connectivity index (χ1n) is 6.58. The summed E-state index contributed by atoms with van der Waals surface area (Å²) in [5, 5.41) is 0. The van der Waals surface area contributed by atoms with Gasteiger partial charge >= 0.3 is 0 Å². The number of hydrogen-bond donors (Lipinski definition) is 0. The molecule has 3 fully saturated rings. The zero-order valence-electron chi connectivity index (χ0n) is 9.87. The zero-order valence-corrected chi connectivity index (χ0v) is 9.87. The average molecular weight is 210 g/mol. The second-order valence-electron chi connectivity index (χ2n) is 5.40. The molecular formula is C13H22O2. The molecule has 4 atom stereocenters. The molecule has 0 aromatic rings. The molecule has 2 nitrogen and oxygen atoms in total. The second kappa shape index (κ2) is 3.46. The summed E-state index contributed by atoms with van der Waals surface area (Å²) >= 11 is 0. The lowest BCUT2D eigenvalue weighted by Crippen LogP contribution is -2.59. The summed E-state index contributed by atoms with van der Waals surface area (Å²) in [4.78, 5) is 0. The van der Waals surface area contributed by atoms with Gasteiger partial charge in [-0.15, -0.1) is 0 Å². The summed E-state index contributed by atoms with van der Waals surface area (Å²) in [6.07, 6.45) is 5.52. The largest absolute Gasteiger partial charge is 0.350 e. The van der Waals surface area contributed by atoms with Crippen LogP contribution in [0.25, 0.3) is 0 Å². The van der Waals surface area contributed by atoms with Crippen LogP contribution < -0.4 is 0 Å². The molecule has 0 saturated heterocycles. The summed E-state index contributed by atoms with van der Waals surface area (Å²) in [5.41, 5.74) is 0. The molecule has 2 heteroatoms. The lowest BCUT2D eigenvalue weighted by atomic mass is 9.61. The Kier molecular flexibility index (Phi) is 2.33. The van der Waals surface area contributed by atoms with Crippen LogP contribution in [0.5, 0.6) is 0 Å². The van der Waals surface area contributed by atoms with Crippen LogP contribution in [-0.2, 0) is 9.47 Å². The van der Waals surface area contributed by atoms with E-state index in [-0.39, 0.29) is 5.79 Å². The van der Waals surface area contributed by atoms with Gasteiger partial charge in [-0.1, -0.05) is 0 Å². The highest BCUT2D eigenvalue weighted by Crippen LogP contribution is 2.66. The molecule has 0 unspecified atom stereocenters. The first-order chi connectivity index (χ1) is 7.30. The van der Waals surface area contributed by atoms with Crippen LogP contribution in [0.15, 0.2) is 0 Å². The van der Waals surface area contributed by atoms with Gasteiger partial charge in [0.05, 0.1) is 0 Å². The molecule has 0 aliphatic heterocycles. The fraction of sp³-hybridized carbons (Fsp3) is 1.00. The molecule has 3 saturated carbocycles. The van der Waals surface area contributed by atoms with Crippen LogP contribution in [0.3, 0.4) is 0 Å². The molecule has 15 heavy (non-hydrogen) atoms. The SMILES string of the molecule is CCOC1(OCC)C[C@H]2[C@@H]3CC[C@H](C3)[C@@H]21. The first-order valence-corrected chi connectivity index (χ1v) is 6.58. The van der Waals surface area contributed by atoms with Crippen molar-refractivity contribution in [1.29, 1.82) is 0 Å². The molecule has 3 aliphatic carbocycles. The third-order valence-electron chi connectivity index (χ3n) is 4.89. The number of fused-ring (bicyclic) bond motifs is 5. The summed E-state index contributed by atoms with van der Waals surface area (Å²) in [6.45, 7) is 5.75. The first kappa shape index (κ1) is 10.1. The molecule has 0 aromatic heterocycles. The van der Waals surface area contributed by atoms with Gasteiger partial charge in [-0.3, -0.25) is 0 Å². The summed E-state index contributed by atoms with van der Waals surface area (Å²) in [6, 6.07) is 0. The third kappa shape index (κ3) is 1.24.